The van der Waals surface area contributed by atoms with E-state index >= 15 is 0 Å². The Morgan fingerprint density at radius 2 is 1.86 bits per heavy atom. The van der Waals surface area contributed by atoms with E-state index in [0.717, 1.165) is 0 Å². The fraction of sp³-hybridized carbons (Fsp3) is 0.641. The fourth-order valence-electron chi connectivity index (χ4n) is 8.59. The Kier molecular flexibility index (Phi) is 13.4. The number of carbonyl (C=O) groups is 4. The van der Waals surface area contributed by atoms with Gasteiger partial charge in [0, 0.05) is 43.6 Å². The average molecular weight is 775 g/mol. The van der Waals surface area contributed by atoms with Gasteiger partial charge in [-0.05, 0) is 50.5 Å². The van der Waals surface area contributed by atoms with Gasteiger partial charge in [0.15, 0.2) is 0 Å². The molecule has 12 heteroatoms. The number of nitrogens with one attached hydrogen (secondary N) is 1. The van der Waals surface area contributed by atoms with Gasteiger partial charge in [-0.1, -0.05) is 79.2 Å². The van der Waals surface area contributed by atoms with Crippen molar-refractivity contribution in [1.29, 1.82) is 0 Å². The summed E-state index contributed by atoms with van der Waals surface area (Å²) < 4.78 is 18.5. The number of alkyl halides is 1. The van der Waals surface area contributed by atoms with Gasteiger partial charge in [0.1, 0.15) is 17.7 Å². The van der Waals surface area contributed by atoms with Crippen LogP contribution < -0.4 is 5.32 Å². The molecule has 1 unspecified atom stereocenters. The van der Waals surface area contributed by atoms with Gasteiger partial charge in [-0.15, -0.1) is 13.2 Å². The van der Waals surface area contributed by atoms with E-state index in [1.165, 1.54) is 12.0 Å². The Labute approximate surface area is 311 Å². The molecule has 1 aromatic rings. The third-order valence-electron chi connectivity index (χ3n) is 10.1. The van der Waals surface area contributed by atoms with E-state index in [1.54, 1.807) is 17.1 Å². The molecule has 8 atom stereocenters. The fourth-order valence-corrected chi connectivity index (χ4v) is 9.53. The van der Waals surface area contributed by atoms with Gasteiger partial charge in [-0.25, -0.2) is 0 Å². The minimum absolute atomic E-state index is 0.0552. The highest BCUT2D eigenvalue weighted by Gasteiger charge is 2.77. The van der Waals surface area contributed by atoms with E-state index in [-0.39, 0.29) is 67.1 Å². The molecular formula is C39H56BrN3O8. The molecule has 1 spiro atoms. The number of methoxy groups -OCH3 is 1. The maximum atomic E-state index is 14.9. The van der Waals surface area contributed by atoms with Crippen LogP contribution in [0, 0.1) is 17.3 Å². The number of likely N-dealkylation sites (tertiary alicyclic amines) is 1. The Morgan fingerprint density at radius 1 is 1.18 bits per heavy atom. The van der Waals surface area contributed by atoms with Gasteiger partial charge in [-0.2, -0.15) is 0 Å². The molecule has 51 heavy (non-hydrogen) atoms. The van der Waals surface area contributed by atoms with Crippen molar-refractivity contribution in [3.63, 3.8) is 0 Å². The smallest absolute Gasteiger partial charge is 0.313 e. The second-order valence-corrected chi connectivity index (χ2v) is 17.0. The monoisotopic (exact) mass is 773 g/mol. The Bertz CT molecular complexity index is 1430. The first-order valence-electron chi connectivity index (χ1n) is 17.9. The first-order valence-corrected chi connectivity index (χ1v) is 18.8. The normalized spacial score (nSPS) is 26.7. The molecule has 3 aliphatic heterocycles. The predicted octanol–water partition coefficient (Wildman–Crippen LogP) is 4.73. The van der Waals surface area contributed by atoms with Crippen LogP contribution in [0.2, 0.25) is 0 Å². The number of fused-ring (bicyclic) bond motifs is 1. The standard InChI is InChI=1S/C39H56BrN3O8/c1-9-11-18-28(45)41-27(23-49-8)31(25-16-13-12-14-17-25)50-36(48)29-30-34(46)42(20-15-21-44)33(39(30)22-26(40)32(29)51-39)35(47)43(19-10-2)38(6,7)24-37(3,4)5/h9-10,12-14,16-17,26-27,29-33,44H,1-2,11,15,18-24H2,3-8H3,(H,41,45)/t26?,27-,29-,30+,31-,32-,33-,39+/m1/s1. The molecule has 3 saturated heterocycles. The number of carbonyl (C=O) groups excluding carboxylic acids is 4. The van der Waals surface area contributed by atoms with Crippen LogP contribution in [0.5, 0.6) is 0 Å². The van der Waals surface area contributed by atoms with Crippen LogP contribution in [0.25, 0.3) is 0 Å². The minimum Gasteiger partial charge on any atom is -0.455 e. The average Bonchev–Trinajstić information content (AvgIpc) is 3.65. The summed E-state index contributed by atoms with van der Waals surface area (Å²) in [6.07, 6.45) is 3.60. The molecule has 282 valence electrons. The van der Waals surface area contributed by atoms with E-state index in [2.05, 4.69) is 55.2 Å². The quantitative estimate of drug-likeness (QED) is 0.124. The topological polar surface area (TPSA) is 135 Å². The van der Waals surface area contributed by atoms with Crippen molar-refractivity contribution in [2.75, 3.05) is 33.4 Å². The zero-order valence-corrected chi connectivity index (χ0v) is 32.5. The highest BCUT2D eigenvalue weighted by Crippen LogP contribution is 2.60. The van der Waals surface area contributed by atoms with Gasteiger partial charge in [0.05, 0.1) is 30.6 Å². The number of benzene rings is 1. The number of rotatable bonds is 18. The number of esters is 1. The van der Waals surface area contributed by atoms with Gasteiger partial charge in [0.2, 0.25) is 17.7 Å². The van der Waals surface area contributed by atoms with Crippen molar-refractivity contribution in [3.8, 4) is 0 Å². The molecule has 1 aromatic carbocycles. The SMILES string of the molecule is C=CCCC(=O)N[C@H](COC)[C@H](OC(=O)[C@H]1[C@@H]2O[C@@]3(CC2Br)[C@@H]1C(=O)N(CCCO)[C@@H]3C(=O)N(CC=C)C(C)(C)CC(C)(C)C)c1ccccc1. The van der Waals surface area contributed by atoms with Crippen LogP contribution in [0.1, 0.15) is 78.4 Å². The van der Waals surface area contributed by atoms with Crippen molar-refractivity contribution in [1.82, 2.24) is 15.1 Å². The van der Waals surface area contributed by atoms with Gasteiger partial charge in [0.25, 0.3) is 0 Å². The second kappa shape index (κ2) is 16.7. The summed E-state index contributed by atoms with van der Waals surface area (Å²) in [5, 5.41) is 12.8. The Hall–Kier alpha value is -3.06. The number of hydrogen-bond acceptors (Lipinski definition) is 8. The largest absolute Gasteiger partial charge is 0.455 e. The number of allylic oxidation sites excluding steroid dienone is 1. The molecule has 4 rings (SSSR count). The van der Waals surface area contributed by atoms with Crippen LogP contribution in [0.4, 0.5) is 0 Å². The van der Waals surface area contributed by atoms with E-state index in [9.17, 15) is 24.3 Å². The predicted molar refractivity (Wildman–Crippen MR) is 198 cm³/mol. The molecule has 2 bridgehead atoms. The molecule has 0 saturated carbocycles. The summed E-state index contributed by atoms with van der Waals surface area (Å²) in [5.74, 6) is -3.59. The maximum Gasteiger partial charge on any atom is 0.313 e. The zero-order chi connectivity index (χ0) is 37.7. The van der Waals surface area contributed by atoms with Crippen LogP contribution in [0.3, 0.4) is 0 Å². The summed E-state index contributed by atoms with van der Waals surface area (Å²) in [6.45, 7) is 18.3. The van der Waals surface area contributed by atoms with E-state index in [0.29, 0.717) is 24.8 Å². The first kappa shape index (κ1) is 40.7. The Balaban J connectivity index is 1.74. The van der Waals surface area contributed by atoms with E-state index < -0.39 is 53.2 Å². The lowest BCUT2D eigenvalue weighted by Gasteiger charge is -2.45. The number of aliphatic hydroxyl groups excluding tert-OH is 1. The van der Waals surface area contributed by atoms with Gasteiger partial charge < -0.3 is 34.4 Å². The second-order valence-electron chi connectivity index (χ2n) is 15.8. The lowest BCUT2D eigenvalue weighted by atomic mass is 9.70. The molecule has 0 aliphatic carbocycles. The molecule has 0 radical (unpaired) electrons. The van der Waals surface area contributed by atoms with Crippen LogP contribution in [-0.4, -0.2) is 106 Å². The van der Waals surface area contributed by atoms with Crippen LogP contribution in [0.15, 0.2) is 55.6 Å². The summed E-state index contributed by atoms with van der Waals surface area (Å²) in [7, 11) is 1.50. The summed E-state index contributed by atoms with van der Waals surface area (Å²) in [6, 6.07) is 7.32. The Morgan fingerprint density at radius 3 is 2.45 bits per heavy atom. The van der Waals surface area contributed by atoms with Gasteiger partial charge >= 0.3 is 5.97 Å². The first-order chi connectivity index (χ1) is 24.1. The van der Waals surface area contributed by atoms with Crippen LogP contribution in [-0.2, 0) is 33.4 Å². The summed E-state index contributed by atoms with van der Waals surface area (Å²) in [5.41, 5.74) is -1.38. The third kappa shape index (κ3) is 8.61. The molecule has 11 nitrogen and oxygen atoms in total. The lowest BCUT2D eigenvalue weighted by molar-refractivity contribution is -0.163. The molecule has 3 aliphatic rings. The van der Waals surface area contributed by atoms with Crippen molar-refractivity contribution >= 4 is 39.6 Å². The number of hydrogen-bond donors (Lipinski definition) is 2. The number of halogens is 1. The molecule has 2 N–H and O–H groups in total. The van der Waals surface area contributed by atoms with E-state index in [1.807, 2.05) is 44.2 Å². The lowest BCUT2D eigenvalue weighted by Crippen LogP contribution is -2.61. The minimum atomic E-state index is -1.31. The number of aliphatic hydroxyl groups is 1. The summed E-state index contributed by atoms with van der Waals surface area (Å²) in [4.78, 5) is 59.9. The zero-order valence-electron chi connectivity index (χ0n) is 30.9. The van der Waals surface area contributed by atoms with Gasteiger partial charge in [-0.3, -0.25) is 19.2 Å². The van der Waals surface area contributed by atoms with Crippen molar-refractivity contribution < 1.29 is 38.5 Å². The highest BCUT2D eigenvalue weighted by atomic mass is 79.9. The maximum absolute atomic E-state index is 14.9. The number of amides is 3. The molecule has 3 amide bonds. The summed E-state index contributed by atoms with van der Waals surface area (Å²) >= 11 is 3.74. The van der Waals surface area contributed by atoms with Crippen molar-refractivity contribution in [2.45, 2.75) is 107 Å². The molecule has 3 heterocycles. The third-order valence-corrected chi connectivity index (χ3v) is 11.0. The molecule has 0 aromatic heterocycles. The van der Waals surface area contributed by atoms with Crippen molar-refractivity contribution in [3.05, 3.63) is 61.2 Å². The van der Waals surface area contributed by atoms with Crippen molar-refractivity contribution in [2.24, 2.45) is 17.3 Å². The van der Waals surface area contributed by atoms with E-state index in [4.69, 9.17) is 14.2 Å². The van der Waals surface area contributed by atoms with Crippen LogP contribution >= 0.6 is 15.9 Å². The highest BCUT2D eigenvalue weighted by molar-refractivity contribution is 9.09. The molecule has 3 fully saturated rings. The number of nitrogens with zero attached hydrogens (tertiary/aromatic N) is 2. The molecular weight excluding hydrogens is 718 g/mol. The number of ether oxygens (including phenoxy) is 3.